The maximum absolute atomic E-state index is 12.0. The Morgan fingerprint density at radius 2 is 1.92 bits per heavy atom. The summed E-state index contributed by atoms with van der Waals surface area (Å²) >= 11 is 0. The van der Waals surface area contributed by atoms with Crippen molar-refractivity contribution in [3.8, 4) is 6.07 Å². The van der Waals surface area contributed by atoms with Crippen LogP contribution < -0.4 is 5.32 Å². The average Bonchev–Trinajstić information content (AvgIpc) is 2.64. The molecule has 7 nitrogen and oxygen atoms in total. The van der Waals surface area contributed by atoms with Gasteiger partial charge in [0, 0.05) is 6.04 Å². The third-order valence-corrected chi connectivity index (χ3v) is 4.47. The predicted molar refractivity (Wildman–Crippen MR) is 91.8 cm³/mol. The Balaban J connectivity index is 2.00. The first-order valence-corrected chi connectivity index (χ1v) is 8.31. The van der Waals surface area contributed by atoms with Crippen molar-refractivity contribution in [3.63, 3.8) is 0 Å². The van der Waals surface area contributed by atoms with Gasteiger partial charge in [0.05, 0.1) is 30.3 Å². The highest BCUT2D eigenvalue weighted by molar-refractivity contribution is 5.84. The van der Waals surface area contributed by atoms with E-state index in [2.05, 4.69) is 15.3 Å². The summed E-state index contributed by atoms with van der Waals surface area (Å²) in [7, 11) is 1.25. The Morgan fingerprint density at radius 1 is 1.28 bits per heavy atom. The summed E-state index contributed by atoms with van der Waals surface area (Å²) in [6, 6.07) is 9.40. The van der Waals surface area contributed by atoms with Crippen molar-refractivity contribution < 1.29 is 14.6 Å². The maximum Gasteiger partial charge on any atom is 0.329 e. The van der Waals surface area contributed by atoms with E-state index in [0.717, 1.165) is 12.8 Å². The first-order valence-electron chi connectivity index (χ1n) is 8.31. The van der Waals surface area contributed by atoms with Gasteiger partial charge in [-0.3, -0.25) is 4.79 Å². The van der Waals surface area contributed by atoms with Crippen molar-refractivity contribution in [2.24, 2.45) is 0 Å². The maximum atomic E-state index is 12.0. The number of nitrogens with zero attached hydrogens (tertiary/aromatic N) is 3. The van der Waals surface area contributed by atoms with Gasteiger partial charge in [0.1, 0.15) is 5.69 Å². The minimum atomic E-state index is -1.14. The fraction of sp³-hybridized carbons (Fsp3) is 0.444. The molecule has 3 rings (SSSR count). The number of anilines is 1. The minimum Gasteiger partial charge on any atom is -0.468 e. The van der Waals surface area contributed by atoms with Gasteiger partial charge in [-0.25, -0.2) is 9.97 Å². The first kappa shape index (κ1) is 17.1. The molecule has 1 aliphatic rings. The lowest BCUT2D eigenvalue weighted by Crippen LogP contribution is -2.29. The number of para-hydroxylation sites is 2. The molecule has 0 spiro atoms. The molecule has 1 atom stereocenters. The predicted octanol–water partition coefficient (Wildman–Crippen LogP) is 2.13. The number of hydrogen-bond acceptors (Lipinski definition) is 7. The molecule has 0 radical (unpaired) electrons. The molecule has 0 unspecified atom stereocenters. The quantitative estimate of drug-likeness (QED) is 0.821. The van der Waals surface area contributed by atoms with Crippen LogP contribution in [0.5, 0.6) is 0 Å². The van der Waals surface area contributed by atoms with E-state index < -0.39 is 11.9 Å². The number of nitriles is 1. The Bertz CT molecular complexity index is 810. The number of carbonyl (C=O) groups is 1. The van der Waals surface area contributed by atoms with Crippen LogP contribution >= 0.6 is 0 Å². The van der Waals surface area contributed by atoms with Crippen molar-refractivity contribution in [2.45, 2.75) is 43.7 Å². The number of hydrogen-bond donors (Lipinski definition) is 2. The summed E-state index contributed by atoms with van der Waals surface area (Å²) in [5.41, 5.74) is 1.58. The second-order valence-corrected chi connectivity index (χ2v) is 6.18. The lowest BCUT2D eigenvalue weighted by atomic mass is 9.93. The van der Waals surface area contributed by atoms with Crippen molar-refractivity contribution in [1.29, 1.82) is 5.26 Å². The lowest BCUT2D eigenvalue weighted by molar-refractivity contribution is -0.141. The normalized spacial score (nSPS) is 21.3. The minimum absolute atomic E-state index is 0.120. The van der Waals surface area contributed by atoms with E-state index in [4.69, 9.17) is 4.74 Å². The smallest absolute Gasteiger partial charge is 0.329 e. The molecule has 2 N–H and O–H groups in total. The Kier molecular flexibility index (Phi) is 5.10. The number of nitrogens with one attached hydrogen (secondary N) is 1. The second kappa shape index (κ2) is 7.45. The molecule has 1 heterocycles. The van der Waals surface area contributed by atoms with E-state index in [1.807, 2.05) is 24.3 Å². The van der Waals surface area contributed by atoms with Crippen molar-refractivity contribution in [1.82, 2.24) is 9.97 Å². The van der Waals surface area contributed by atoms with Gasteiger partial charge in [-0.2, -0.15) is 5.26 Å². The second-order valence-electron chi connectivity index (χ2n) is 6.18. The molecule has 0 saturated heterocycles. The molecule has 1 aliphatic carbocycles. The van der Waals surface area contributed by atoms with Crippen LogP contribution in [0.3, 0.4) is 0 Å². The van der Waals surface area contributed by atoms with Crippen LogP contribution in [0.25, 0.3) is 11.0 Å². The Hall–Kier alpha value is -2.72. The molecule has 1 saturated carbocycles. The van der Waals surface area contributed by atoms with Crippen LogP contribution in [0.1, 0.15) is 37.3 Å². The number of rotatable bonds is 4. The van der Waals surface area contributed by atoms with Crippen molar-refractivity contribution >= 4 is 22.8 Å². The zero-order chi connectivity index (χ0) is 17.8. The van der Waals surface area contributed by atoms with Crippen LogP contribution in [0.2, 0.25) is 0 Å². The van der Waals surface area contributed by atoms with E-state index in [9.17, 15) is 15.2 Å². The van der Waals surface area contributed by atoms with E-state index >= 15 is 0 Å². The number of methoxy groups -OCH3 is 1. The number of aromatic nitrogens is 2. The molecule has 1 aromatic heterocycles. The zero-order valence-corrected chi connectivity index (χ0v) is 14.0. The number of benzene rings is 1. The van der Waals surface area contributed by atoms with Crippen LogP contribution in [0.15, 0.2) is 24.3 Å². The van der Waals surface area contributed by atoms with E-state index in [1.165, 1.54) is 7.11 Å². The number of carbonyl (C=O) groups excluding carboxylic acids is 1. The zero-order valence-electron chi connectivity index (χ0n) is 14.0. The van der Waals surface area contributed by atoms with Gasteiger partial charge < -0.3 is 15.2 Å². The lowest BCUT2D eigenvalue weighted by Gasteiger charge is -2.27. The largest absolute Gasteiger partial charge is 0.468 e. The van der Waals surface area contributed by atoms with E-state index in [-0.39, 0.29) is 17.8 Å². The third kappa shape index (κ3) is 3.69. The molecular formula is C18H20N4O3. The monoisotopic (exact) mass is 340 g/mol. The molecule has 2 aromatic rings. The van der Waals surface area contributed by atoms with E-state index in [1.54, 1.807) is 6.07 Å². The molecule has 0 amide bonds. The van der Waals surface area contributed by atoms with Gasteiger partial charge in [-0.05, 0) is 37.8 Å². The standard InChI is InChI=1S/C18H20N4O3/c1-25-18(24)13(10-19)16-17(20-11-6-8-12(23)9-7-11)22-15-5-3-2-4-14(15)21-16/h2-5,11-13,23H,6-9H2,1H3,(H,20,22)/t11?,12?,13-/m1/s1. The van der Waals surface area contributed by atoms with Crippen molar-refractivity contribution in [2.75, 3.05) is 12.4 Å². The number of esters is 1. The van der Waals surface area contributed by atoms with Crippen LogP contribution in [-0.4, -0.2) is 40.3 Å². The fourth-order valence-electron chi connectivity index (χ4n) is 3.08. The Labute approximate surface area is 145 Å². The van der Waals surface area contributed by atoms with Gasteiger partial charge >= 0.3 is 5.97 Å². The molecule has 0 bridgehead atoms. The van der Waals surface area contributed by atoms with Crippen molar-refractivity contribution in [3.05, 3.63) is 30.0 Å². The topological polar surface area (TPSA) is 108 Å². The number of ether oxygens (including phenoxy) is 1. The molecule has 1 aromatic carbocycles. The number of fused-ring (bicyclic) bond motifs is 1. The third-order valence-electron chi connectivity index (χ3n) is 4.47. The van der Waals surface area contributed by atoms with Crippen LogP contribution in [0.4, 0.5) is 5.82 Å². The molecule has 25 heavy (non-hydrogen) atoms. The van der Waals surface area contributed by atoms with E-state index in [0.29, 0.717) is 29.7 Å². The molecule has 7 heteroatoms. The summed E-state index contributed by atoms with van der Waals surface area (Å²) in [5.74, 6) is -1.37. The van der Waals surface area contributed by atoms with Gasteiger partial charge in [-0.1, -0.05) is 12.1 Å². The number of aliphatic hydroxyl groups is 1. The Morgan fingerprint density at radius 3 is 2.52 bits per heavy atom. The molecule has 130 valence electrons. The van der Waals surface area contributed by atoms with Gasteiger partial charge in [0.25, 0.3) is 0 Å². The highest BCUT2D eigenvalue weighted by Gasteiger charge is 2.29. The van der Waals surface area contributed by atoms with Crippen LogP contribution in [0, 0.1) is 11.3 Å². The highest BCUT2D eigenvalue weighted by Crippen LogP contribution is 2.28. The summed E-state index contributed by atoms with van der Waals surface area (Å²) in [6.07, 6.45) is 2.76. The molecular weight excluding hydrogens is 320 g/mol. The summed E-state index contributed by atoms with van der Waals surface area (Å²) in [5, 5.41) is 22.4. The highest BCUT2D eigenvalue weighted by atomic mass is 16.5. The number of aliphatic hydroxyl groups excluding tert-OH is 1. The van der Waals surface area contributed by atoms with Gasteiger partial charge in [0.2, 0.25) is 0 Å². The van der Waals surface area contributed by atoms with Gasteiger partial charge in [0.15, 0.2) is 11.7 Å². The molecule has 1 fully saturated rings. The summed E-state index contributed by atoms with van der Waals surface area (Å²) in [4.78, 5) is 21.1. The van der Waals surface area contributed by atoms with Gasteiger partial charge in [-0.15, -0.1) is 0 Å². The average molecular weight is 340 g/mol. The molecule has 0 aliphatic heterocycles. The SMILES string of the molecule is COC(=O)[C@H](C#N)c1nc2ccccc2nc1NC1CCC(O)CC1. The fourth-order valence-corrected chi connectivity index (χ4v) is 3.08. The summed E-state index contributed by atoms with van der Waals surface area (Å²) < 4.78 is 4.74. The van der Waals surface area contributed by atoms with Crippen LogP contribution in [-0.2, 0) is 9.53 Å². The summed E-state index contributed by atoms with van der Waals surface area (Å²) in [6.45, 7) is 0. The first-order chi connectivity index (χ1) is 12.1.